The van der Waals surface area contributed by atoms with Crippen molar-refractivity contribution in [1.29, 1.82) is 0 Å². The minimum atomic E-state index is -2.69. The van der Waals surface area contributed by atoms with Gasteiger partial charge >= 0.3 is 0 Å². The molecule has 0 amide bonds. The van der Waals surface area contributed by atoms with Gasteiger partial charge in [-0.15, -0.1) is 0 Å². The van der Waals surface area contributed by atoms with Crippen LogP contribution in [0.15, 0.2) is 42.9 Å². The van der Waals surface area contributed by atoms with E-state index in [0.717, 1.165) is 16.6 Å². The van der Waals surface area contributed by atoms with Crippen LogP contribution in [-0.4, -0.2) is 48.5 Å². The maximum atomic E-state index is 13.1. The number of aliphatic hydroxyl groups excluding tert-OH is 1. The molecule has 0 radical (unpaired) electrons. The van der Waals surface area contributed by atoms with E-state index in [2.05, 4.69) is 15.0 Å². The molecule has 0 unspecified atom stereocenters. The number of anilines is 1. The quantitative estimate of drug-likeness (QED) is 0.383. The third-order valence-electron chi connectivity index (χ3n) is 7.18. The number of halogens is 2. The Hall–Kier alpha value is -3.21. The molecule has 3 aromatic heterocycles. The first-order chi connectivity index (χ1) is 16.7. The van der Waals surface area contributed by atoms with Crippen LogP contribution < -0.4 is 5.73 Å². The summed E-state index contributed by atoms with van der Waals surface area (Å²) < 4.78 is 33.6. The fourth-order valence-corrected chi connectivity index (χ4v) is 5.38. The first-order valence-electron chi connectivity index (χ1n) is 11.4. The molecule has 10 heteroatoms. The predicted molar refractivity (Wildman–Crippen MR) is 127 cm³/mol. The SMILES string of the molecule is CO[C@@H]1[C@H](Cc2ccc3cc(C(F)F)c(N)nc3c2)CC[C@]1(O)[C@@H](O)n1ccc2c(C)ncnc21. The third-order valence-corrected chi connectivity index (χ3v) is 7.18. The van der Waals surface area contributed by atoms with Crippen molar-refractivity contribution in [2.24, 2.45) is 5.92 Å². The van der Waals surface area contributed by atoms with Gasteiger partial charge in [0.25, 0.3) is 6.43 Å². The lowest BCUT2D eigenvalue weighted by Gasteiger charge is -2.36. The lowest BCUT2D eigenvalue weighted by Crippen LogP contribution is -2.48. The van der Waals surface area contributed by atoms with Crippen LogP contribution >= 0.6 is 0 Å². The molecule has 4 atom stereocenters. The Morgan fingerprint density at radius 2 is 2.06 bits per heavy atom. The van der Waals surface area contributed by atoms with E-state index in [9.17, 15) is 19.0 Å². The van der Waals surface area contributed by atoms with E-state index < -0.39 is 24.4 Å². The molecule has 1 fully saturated rings. The van der Waals surface area contributed by atoms with Gasteiger partial charge in [0.2, 0.25) is 0 Å². The molecule has 8 nitrogen and oxygen atoms in total. The Morgan fingerprint density at radius 3 is 2.80 bits per heavy atom. The van der Waals surface area contributed by atoms with Crippen LogP contribution in [0.5, 0.6) is 0 Å². The average molecular weight is 484 g/mol. The van der Waals surface area contributed by atoms with Gasteiger partial charge in [-0.2, -0.15) is 0 Å². The number of aliphatic hydroxyl groups is 2. The van der Waals surface area contributed by atoms with Gasteiger partial charge in [0.05, 0.1) is 22.9 Å². The number of ether oxygens (including phenoxy) is 1. The number of fused-ring (bicyclic) bond motifs is 2. The second-order valence-corrected chi connectivity index (χ2v) is 9.23. The van der Waals surface area contributed by atoms with Crippen LogP contribution in [-0.2, 0) is 11.2 Å². The average Bonchev–Trinajstić information content (AvgIpc) is 3.40. The topological polar surface area (TPSA) is 119 Å². The second-order valence-electron chi connectivity index (χ2n) is 9.23. The molecule has 3 heterocycles. The Morgan fingerprint density at radius 1 is 1.26 bits per heavy atom. The molecule has 1 saturated carbocycles. The number of alkyl halides is 2. The zero-order valence-corrected chi connectivity index (χ0v) is 19.4. The highest BCUT2D eigenvalue weighted by Crippen LogP contribution is 2.45. The maximum Gasteiger partial charge on any atom is 0.267 e. The van der Waals surface area contributed by atoms with Crippen molar-refractivity contribution < 1.29 is 23.7 Å². The molecule has 1 aromatic carbocycles. The molecule has 4 N–H and O–H groups in total. The van der Waals surface area contributed by atoms with Crippen LogP contribution in [0.1, 0.15) is 42.3 Å². The summed E-state index contributed by atoms with van der Waals surface area (Å²) in [7, 11) is 1.52. The Bertz CT molecular complexity index is 1390. The van der Waals surface area contributed by atoms with Crippen molar-refractivity contribution >= 4 is 27.8 Å². The van der Waals surface area contributed by atoms with Crippen molar-refractivity contribution in [1.82, 2.24) is 19.5 Å². The van der Waals surface area contributed by atoms with Crippen molar-refractivity contribution in [3.8, 4) is 0 Å². The summed E-state index contributed by atoms with van der Waals surface area (Å²) in [6.45, 7) is 1.86. The number of nitrogens with two attached hydrogens (primary N) is 1. The number of hydrogen-bond acceptors (Lipinski definition) is 7. The first-order valence-corrected chi connectivity index (χ1v) is 11.4. The number of hydrogen-bond donors (Lipinski definition) is 3. The second kappa shape index (κ2) is 8.78. The molecular weight excluding hydrogens is 456 g/mol. The summed E-state index contributed by atoms with van der Waals surface area (Å²) in [5.41, 5.74) is 6.68. The molecule has 35 heavy (non-hydrogen) atoms. The van der Waals surface area contributed by atoms with Crippen molar-refractivity contribution in [3.05, 3.63) is 59.7 Å². The highest BCUT2D eigenvalue weighted by atomic mass is 19.3. The number of aromatic nitrogens is 4. The van der Waals surface area contributed by atoms with Gasteiger partial charge in [0, 0.05) is 24.1 Å². The normalized spacial score (nSPS) is 23.5. The lowest BCUT2D eigenvalue weighted by atomic mass is 9.90. The van der Waals surface area contributed by atoms with Gasteiger partial charge in [-0.05, 0) is 55.9 Å². The fraction of sp³-hybridized carbons (Fsp3) is 0.400. The van der Waals surface area contributed by atoms with Crippen LogP contribution in [0.4, 0.5) is 14.6 Å². The van der Waals surface area contributed by atoms with E-state index in [-0.39, 0.29) is 17.3 Å². The maximum absolute atomic E-state index is 13.1. The van der Waals surface area contributed by atoms with E-state index in [0.29, 0.717) is 35.8 Å². The summed E-state index contributed by atoms with van der Waals surface area (Å²) in [6, 6.07) is 8.60. The van der Waals surface area contributed by atoms with Gasteiger partial charge in [-0.1, -0.05) is 12.1 Å². The minimum Gasteiger partial charge on any atom is -0.383 e. The molecule has 0 bridgehead atoms. The Kier molecular flexibility index (Phi) is 5.90. The number of aryl methyl sites for hydroxylation is 1. The first kappa shape index (κ1) is 23.5. The monoisotopic (exact) mass is 483 g/mol. The third kappa shape index (κ3) is 3.91. The smallest absolute Gasteiger partial charge is 0.267 e. The largest absolute Gasteiger partial charge is 0.383 e. The summed E-state index contributed by atoms with van der Waals surface area (Å²) in [6.07, 6.45) is 0.0279. The molecule has 0 saturated heterocycles. The molecule has 4 aromatic rings. The molecule has 1 aliphatic rings. The number of methoxy groups -OCH3 is 1. The molecular formula is C25H27F2N5O3. The number of pyridine rings is 1. The van der Waals surface area contributed by atoms with Crippen LogP contribution in [0.2, 0.25) is 0 Å². The zero-order valence-electron chi connectivity index (χ0n) is 19.4. The minimum absolute atomic E-state index is 0.0898. The lowest BCUT2D eigenvalue weighted by molar-refractivity contribution is -0.174. The van der Waals surface area contributed by atoms with Crippen molar-refractivity contribution in [2.75, 3.05) is 12.8 Å². The molecule has 0 spiro atoms. The molecule has 5 rings (SSSR count). The highest BCUT2D eigenvalue weighted by Gasteiger charge is 2.53. The van der Waals surface area contributed by atoms with Crippen LogP contribution in [0.3, 0.4) is 0 Å². The van der Waals surface area contributed by atoms with Gasteiger partial charge in [0.1, 0.15) is 23.4 Å². The van der Waals surface area contributed by atoms with Crippen molar-refractivity contribution in [2.45, 2.75) is 50.5 Å². The summed E-state index contributed by atoms with van der Waals surface area (Å²) >= 11 is 0. The van der Waals surface area contributed by atoms with E-state index >= 15 is 0 Å². The van der Waals surface area contributed by atoms with Gasteiger partial charge in [-0.25, -0.2) is 23.7 Å². The highest BCUT2D eigenvalue weighted by molar-refractivity contribution is 5.82. The van der Waals surface area contributed by atoms with E-state index in [1.807, 2.05) is 25.1 Å². The number of nitrogen functional groups attached to an aromatic ring is 1. The Labute approximate surface area is 200 Å². The van der Waals surface area contributed by atoms with Gasteiger partial charge < -0.3 is 25.3 Å². The van der Waals surface area contributed by atoms with Gasteiger partial charge in [-0.3, -0.25) is 0 Å². The number of rotatable bonds is 6. The summed E-state index contributed by atoms with van der Waals surface area (Å²) in [4.78, 5) is 12.6. The number of benzene rings is 1. The molecule has 184 valence electrons. The molecule has 0 aliphatic heterocycles. The van der Waals surface area contributed by atoms with E-state index in [1.165, 1.54) is 19.5 Å². The molecule has 1 aliphatic carbocycles. The standard InChI is InChI=1S/C25H27F2N5O3/c1-13-17-6-8-32(23(17)30-12-29-13)24(33)25(34)7-5-16(20(25)35-2)9-14-3-4-15-11-18(21(26)27)22(28)31-19(15)10-14/h3-4,6,8,10-12,16,20-21,24,33-34H,5,7,9H2,1-2H3,(H2,28,31)/t16-,20+,24+,25+/m0/s1. The van der Waals surface area contributed by atoms with Crippen LogP contribution in [0, 0.1) is 12.8 Å². The number of nitrogens with zero attached hydrogens (tertiary/aromatic N) is 4. The predicted octanol–water partition coefficient (Wildman–Crippen LogP) is 3.70. The van der Waals surface area contributed by atoms with Crippen molar-refractivity contribution in [3.63, 3.8) is 0 Å². The Balaban J connectivity index is 1.41. The summed E-state index contributed by atoms with van der Waals surface area (Å²) in [5.74, 6) is -0.274. The van der Waals surface area contributed by atoms with Crippen LogP contribution in [0.25, 0.3) is 21.9 Å². The summed E-state index contributed by atoms with van der Waals surface area (Å²) in [5, 5.41) is 24.3. The fourth-order valence-electron chi connectivity index (χ4n) is 5.38. The zero-order chi connectivity index (χ0) is 24.9. The van der Waals surface area contributed by atoms with E-state index in [1.54, 1.807) is 16.8 Å². The van der Waals surface area contributed by atoms with Gasteiger partial charge in [0.15, 0.2) is 6.23 Å². The van der Waals surface area contributed by atoms with E-state index in [4.69, 9.17) is 10.5 Å².